The Kier molecular flexibility index (Phi) is 6.98. The summed E-state index contributed by atoms with van der Waals surface area (Å²) >= 11 is 0. The number of fused-ring (bicyclic) bond motifs is 5. The topological polar surface area (TPSA) is 47.9 Å². The molecule has 48 heavy (non-hydrogen) atoms. The average Bonchev–Trinajstić information content (AvgIpc) is 3.54. The lowest BCUT2D eigenvalue weighted by molar-refractivity contribution is 0.269. The minimum Gasteiger partial charge on any atom is -0.485 e. The van der Waals surface area contributed by atoms with Gasteiger partial charge in [0.05, 0.1) is 0 Å². The molecule has 3 aliphatic rings. The molecule has 2 heterocycles. The first kappa shape index (κ1) is 28.1. The lowest BCUT2D eigenvalue weighted by Gasteiger charge is -2.16. The monoisotopic (exact) mass is 617 g/mol. The van der Waals surface area contributed by atoms with Crippen molar-refractivity contribution in [1.29, 1.82) is 0 Å². The van der Waals surface area contributed by atoms with Crippen LogP contribution in [-0.4, -0.2) is 21.1 Å². The number of hydrogen-bond donors (Lipinski definition) is 0. The van der Waals surface area contributed by atoms with Gasteiger partial charge in [-0.05, 0) is 52.0 Å². The standard InChI is InChI=1S/C44H31N3O/c1-3-10-30(11-4-1)31-20-18-29-19-27-37(35(28-29)26-21-31)44-46-42(33-12-5-2-6-13-33)45-43(47-44)34-24-22-32(23-25-34)36-15-9-17-40-41(36)38-14-7-8-16-39(38)48-40/h1-25,27-28,38-39H,26H2/b20-18-,31-21+. The predicted octanol–water partition coefficient (Wildman–Crippen LogP) is 10.2. The van der Waals surface area contributed by atoms with E-state index >= 15 is 0 Å². The van der Waals surface area contributed by atoms with Crippen LogP contribution in [0.25, 0.3) is 56.9 Å². The summed E-state index contributed by atoms with van der Waals surface area (Å²) in [7, 11) is 0. The van der Waals surface area contributed by atoms with E-state index in [0.29, 0.717) is 17.5 Å². The molecule has 2 aliphatic carbocycles. The molecule has 1 aliphatic heterocycles. The summed E-state index contributed by atoms with van der Waals surface area (Å²) in [5, 5.41) is 0. The third-order valence-electron chi connectivity index (χ3n) is 9.34. The number of nitrogens with zero attached hydrogens (tertiary/aromatic N) is 3. The molecule has 1 aromatic heterocycles. The van der Waals surface area contributed by atoms with Crippen molar-refractivity contribution in [3.63, 3.8) is 0 Å². The van der Waals surface area contributed by atoms with Crippen LogP contribution in [0.15, 0.2) is 158 Å². The number of aromatic nitrogens is 3. The van der Waals surface area contributed by atoms with Gasteiger partial charge in [-0.1, -0.05) is 152 Å². The second-order valence-electron chi connectivity index (χ2n) is 12.3. The van der Waals surface area contributed by atoms with Gasteiger partial charge < -0.3 is 4.74 Å². The highest BCUT2D eigenvalue weighted by atomic mass is 16.5. The Hall–Kier alpha value is -6.13. The predicted molar refractivity (Wildman–Crippen MR) is 194 cm³/mol. The first-order valence-corrected chi connectivity index (χ1v) is 16.4. The number of allylic oxidation sites excluding steroid dienone is 5. The van der Waals surface area contributed by atoms with E-state index in [0.717, 1.165) is 40.0 Å². The van der Waals surface area contributed by atoms with Crippen molar-refractivity contribution in [3.8, 4) is 51.0 Å². The zero-order valence-corrected chi connectivity index (χ0v) is 26.2. The molecule has 9 rings (SSSR count). The molecule has 0 spiro atoms. The largest absolute Gasteiger partial charge is 0.485 e. The Morgan fingerprint density at radius 3 is 2.02 bits per heavy atom. The molecule has 4 nitrogen and oxygen atoms in total. The lowest BCUT2D eigenvalue weighted by Crippen LogP contribution is -2.15. The van der Waals surface area contributed by atoms with Gasteiger partial charge in [-0.3, -0.25) is 0 Å². The van der Waals surface area contributed by atoms with Crippen LogP contribution in [0.1, 0.15) is 28.2 Å². The maximum Gasteiger partial charge on any atom is 0.164 e. The molecule has 6 aromatic rings. The number of rotatable bonds is 5. The van der Waals surface area contributed by atoms with E-state index in [1.165, 1.54) is 27.8 Å². The zero-order valence-electron chi connectivity index (χ0n) is 26.2. The smallest absolute Gasteiger partial charge is 0.164 e. The van der Waals surface area contributed by atoms with Gasteiger partial charge in [-0.25, -0.2) is 15.0 Å². The molecular formula is C44H31N3O. The lowest BCUT2D eigenvalue weighted by atomic mass is 9.86. The van der Waals surface area contributed by atoms with Crippen molar-refractivity contribution in [3.05, 3.63) is 180 Å². The quantitative estimate of drug-likeness (QED) is 0.193. The highest BCUT2D eigenvalue weighted by molar-refractivity contribution is 5.81. The molecule has 5 aromatic carbocycles. The number of hydrogen-bond acceptors (Lipinski definition) is 4. The van der Waals surface area contributed by atoms with E-state index in [4.69, 9.17) is 19.7 Å². The van der Waals surface area contributed by atoms with E-state index < -0.39 is 0 Å². The second kappa shape index (κ2) is 11.9. The number of benzene rings is 5. The van der Waals surface area contributed by atoms with Gasteiger partial charge in [0.25, 0.3) is 0 Å². The van der Waals surface area contributed by atoms with Crippen LogP contribution in [0.5, 0.6) is 5.75 Å². The summed E-state index contributed by atoms with van der Waals surface area (Å²) in [6.45, 7) is 0. The van der Waals surface area contributed by atoms with E-state index in [1.54, 1.807) is 0 Å². The minimum absolute atomic E-state index is 0.0508. The van der Waals surface area contributed by atoms with Gasteiger partial charge in [0.15, 0.2) is 17.5 Å². The van der Waals surface area contributed by atoms with Gasteiger partial charge >= 0.3 is 0 Å². The molecule has 2 bridgehead atoms. The average molecular weight is 618 g/mol. The number of ether oxygens (including phenoxy) is 1. The van der Waals surface area contributed by atoms with Gasteiger partial charge in [0, 0.05) is 28.2 Å². The molecule has 0 radical (unpaired) electrons. The van der Waals surface area contributed by atoms with E-state index in [9.17, 15) is 0 Å². The molecule has 0 amide bonds. The van der Waals surface area contributed by atoms with E-state index in [1.807, 2.05) is 30.3 Å². The fourth-order valence-electron chi connectivity index (χ4n) is 6.91. The van der Waals surface area contributed by atoms with Gasteiger partial charge in [-0.2, -0.15) is 0 Å². The Morgan fingerprint density at radius 2 is 1.23 bits per heavy atom. The summed E-state index contributed by atoms with van der Waals surface area (Å²) in [6.07, 6.45) is 16.0. The summed E-state index contributed by atoms with van der Waals surface area (Å²) in [5.74, 6) is 3.15. The van der Waals surface area contributed by atoms with Crippen LogP contribution in [0.3, 0.4) is 0 Å². The molecule has 4 heteroatoms. The SMILES string of the molecule is C1=CC2Oc3cccc(-c4ccc(-c5nc(-c6ccccc6)nc(-c6ccc7cc6C/C=C(c6ccccc6)\C=C/7)n5)cc4)c3C2C=C1. The summed E-state index contributed by atoms with van der Waals surface area (Å²) < 4.78 is 6.28. The van der Waals surface area contributed by atoms with Gasteiger partial charge in [0.1, 0.15) is 11.9 Å². The Labute approximate surface area is 280 Å². The molecule has 0 saturated carbocycles. The van der Waals surface area contributed by atoms with Crippen molar-refractivity contribution < 1.29 is 4.74 Å². The third-order valence-corrected chi connectivity index (χ3v) is 9.34. The Balaban J connectivity index is 1.11. The van der Waals surface area contributed by atoms with Crippen molar-refractivity contribution in [2.75, 3.05) is 0 Å². The van der Waals surface area contributed by atoms with Crippen LogP contribution in [0, 0.1) is 0 Å². The first-order chi connectivity index (χ1) is 23.8. The molecule has 0 N–H and O–H groups in total. The summed E-state index contributed by atoms with van der Waals surface area (Å²) in [4.78, 5) is 15.2. The van der Waals surface area contributed by atoms with Gasteiger partial charge in [0.2, 0.25) is 0 Å². The Bertz CT molecular complexity index is 2280. The summed E-state index contributed by atoms with van der Waals surface area (Å²) in [5.41, 5.74) is 11.2. The van der Waals surface area contributed by atoms with Gasteiger partial charge in [-0.15, -0.1) is 0 Å². The second-order valence-corrected chi connectivity index (χ2v) is 12.3. The van der Waals surface area contributed by atoms with Crippen LogP contribution in [0.4, 0.5) is 0 Å². The highest BCUT2D eigenvalue weighted by Crippen LogP contribution is 2.46. The maximum absolute atomic E-state index is 6.28. The van der Waals surface area contributed by atoms with Crippen LogP contribution in [0.2, 0.25) is 0 Å². The zero-order chi connectivity index (χ0) is 31.9. The fourth-order valence-corrected chi connectivity index (χ4v) is 6.91. The highest BCUT2D eigenvalue weighted by Gasteiger charge is 2.34. The molecule has 2 unspecified atom stereocenters. The van der Waals surface area contributed by atoms with Crippen molar-refractivity contribution in [1.82, 2.24) is 15.0 Å². The maximum atomic E-state index is 6.28. The molecule has 0 saturated heterocycles. The van der Waals surface area contributed by atoms with E-state index in [-0.39, 0.29) is 12.0 Å². The third kappa shape index (κ3) is 5.18. The molecule has 2 atom stereocenters. The van der Waals surface area contributed by atoms with Crippen LogP contribution >= 0.6 is 0 Å². The van der Waals surface area contributed by atoms with Crippen molar-refractivity contribution in [2.45, 2.75) is 18.4 Å². The van der Waals surface area contributed by atoms with Crippen LogP contribution < -0.4 is 4.74 Å². The molecular weight excluding hydrogens is 587 g/mol. The van der Waals surface area contributed by atoms with Crippen molar-refractivity contribution in [2.24, 2.45) is 0 Å². The van der Waals surface area contributed by atoms with E-state index in [2.05, 4.69) is 134 Å². The minimum atomic E-state index is 0.0508. The Morgan fingerprint density at radius 1 is 0.542 bits per heavy atom. The first-order valence-electron chi connectivity index (χ1n) is 16.4. The molecule has 0 fully saturated rings. The van der Waals surface area contributed by atoms with Crippen LogP contribution in [-0.2, 0) is 6.42 Å². The normalized spacial score (nSPS) is 18.9. The molecule has 228 valence electrons. The van der Waals surface area contributed by atoms with Crippen molar-refractivity contribution >= 4 is 11.6 Å². The summed E-state index contributed by atoms with van der Waals surface area (Å²) in [6, 6.07) is 42.1. The fraction of sp³-hybridized carbons (Fsp3) is 0.0682.